The van der Waals surface area contributed by atoms with E-state index in [4.69, 9.17) is 0 Å². The second kappa shape index (κ2) is 30.0. The molecular formula is C53H48N8O7Y2-2. The molecule has 0 aromatic heterocycles. The van der Waals surface area contributed by atoms with Gasteiger partial charge in [0, 0.05) is 70.8 Å². The maximum atomic E-state index is 12.9. The first-order valence-corrected chi connectivity index (χ1v) is 21.2. The monoisotopic (exact) mass is 1090 g/mol. The van der Waals surface area contributed by atoms with Crippen LogP contribution in [0.1, 0.15) is 27.7 Å². The first kappa shape index (κ1) is 57.5. The summed E-state index contributed by atoms with van der Waals surface area (Å²) in [7, 11) is 0. The van der Waals surface area contributed by atoms with Crippen LogP contribution in [0.15, 0.2) is 207 Å². The minimum atomic E-state index is -0.579. The summed E-state index contributed by atoms with van der Waals surface area (Å²) in [6.45, 7) is 14.0. The van der Waals surface area contributed by atoms with Crippen molar-refractivity contribution in [1.29, 1.82) is 0 Å². The van der Waals surface area contributed by atoms with Gasteiger partial charge in [0.1, 0.15) is 23.4 Å². The van der Waals surface area contributed by atoms with Crippen LogP contribution >= 0.6 is 0 Å². The maximum absolute atomic E-state index is 12.9. The Morgan fingerprint density at radius 3 is 1.59 bits per heavy atom. The van der Waals surface area contributed by atoms with Gasteiger partial charge in [-0.1, -0.05) is 91.0 Å². The molecule has 0 spiro atoms. The minimum absolute atomic E-state index is 0. The number of phenolic OH excluding ortho intramolecular Hbond substituents is 1. The van der Waals surface area contributed by atoms with Gasteiger partial charge in [-0.3, -0.25) is 32.3 Å². The molecule has 8 rings (SSSR count). The number of ether oxygens (including phenoxy) is 2. The van der Waals surface area contributed by atoms with Gasteiger partial charge in [-0.05, 0) is 99.8 Å². The van der Waals surface area contributed by atoms with E-state index in [1.165, 1.54) is 10.0 Å². The Kier molecular flexibility index (Phi) is 24.6. The third-order valence-corrected chi connectivity index (χ3v) is 9.45. The zero-order chi connectivity index (χ0) is 48.8. The van der Waals surface area contributed by atoms with Gasteiger partial charge >= 0.3 is 0 Å². The van der Waals surface area contributed by atoms with Crippen molar-refractivity contribution in [1.82, 2.24) is 0 Å². The quantitative estimate of drug-likeness (QED) is 0.0578. The molecule has 70 heavy (non-hydrogen) atoms. The summed E-state index contributed by atoms with van der Waals surface area (Å²) in [6, 6.07) is 46.5. The van der Waals surface area contributed by atoms with Crippen molar-refractivity contribution in [3.63, 3.8) is 0 Å². The molecule has 0 aliphatic carbocycles. The standard InChI is InChI=1S/C22H16N4O.C21H18N4O2.2C5H7O2.2Y/c27-21-15-10-16-6-4-5-9-20(16)22(21)26-25-19-13-11-18(12-14-19)24-23-17-7-2-1-3-8-17;1-14-18(20(26)24(22-14)16-9-5-3-6-10-16)13-19-15(2)23-25(21(19)27)17-11-7-4-8-12-17;2*1-3-5(6)7-4-2;;/h1-15,27H;3-13,18H,1-2H3;2*1,4H2,2H3;;/q;;2*-1;;. The van der Waals surface area contributed by atoms with Crippen LogP contribution < -0.4 is 10.0 Å². The van der Waals surface area contributed by atoms with Crippen LogP contribution in [0.4, 0.5) is 34.1 Å². The molecule has 2 radical (unpaired) electrons. The van der Waals surface area contributed by atoms with E-state index in [-0.39, 0.29) is 83.0 Å². The number of hydrazone groups is 2. The van der Waals surface area contributed by atoms with Gasteiger partial charge in [0.2, 0.25) is 0 Å². The van der Waals surface area contributed by atoms with Gasteiger partial charge in [-0.2, -0.15) is 35.6 Å². The van der Waals surface area contributed by atoms with Crippen LogP contribution in [0, 0.1) is 18.1 Å². The van der Waals surface area contributed by atoms with Gasteiger partial charge in [0.15, 0.2) is 0 Å². The summed E-state index contributed by atoms with van der Waals surface area (Å²) >= 11 is 0. The molecule has 2 heterocycles. The zero-order valence-electron chi connectivity index (χ0n) is 39.0. The third kappa shape index (κ3) is 16.7. The summed E-state index contributed by atoms with van der Waals surface area (Å²) in [6.07, 6.45) is 5.78. The van der Waals surface area contributed by atoms with Gasteiger partial charge in [0.05, 0.1) is 64.6 Å². The smallest absolute Gasteiger partial charge is 0.280 e. The van der Waals surface area contributed by atoms with Crippen molar-refractivity contribution in [2.24, 2.45) is 36.6 Å². The topological polar surface area (TPSA) is 188 Å². The number of carbonyl (C=O) groups is 4. The SMILES string of the molecule is C=[C-]C(=O)OCC.C=[C-]C(=O)OCC.CC1=NN(c2ccccc2)C(=O)C1=CC1C(=O)N(c2ccccc2)N=C1C.Oc1ccc2ccccc2c1N=Nc1ccc(N=Nc2ccccc2)cc1.[Y].[Y]. The van der Waals surface area contributed by atoms with Gasteiger partial charge in [0.25, 0.3) is 11.8 Å². The molecule has 2 aliphatic heterocycles. The van der Waals surface area contributed by atoms with E-state index in [2.05, 4.69) is 65.4 Å². The molecule has 1 N–H and O–H groups in total. The van der Waals surface area contributed by atoms with E-state index < -0.39 is 17.9 Å². The van der Waals surface area contributed by atoms with Gasteiger partial charge in [-0.25, -0.2) is 0 Å². The molecule has 1 atom stereocenters. The maximum Gasteiger partial charge on any atom is 0.280 e. The molecule has 0 bridgehead atoms. The van der Waals surface area contributed by atoms with Crippen molar-refractivity contribution in [3.8, 4) is 5.75 Å². The molecule has 15 nitrogen and oxygen atoms in total. The molecular weight excluding hydrogens is 1040 g/mol. The van der Waals surface area contributed by atoms with Crippen molar-refractivity contribution in [3.05, 3.63) is 189 Å². The second-order valence-corrected chi connectivity index (χ2v) is 14.1. The molecule has 2 amide bonds. The Morgan fingerprint density at radius 2 is 1.09 bits per heavy atom. The van der Waals surface area contributed by atoms with Gasteiger partial charge in [-0.15, -0.1) is 5.11 Å². The number of esters is 2. The largest absolute Gasteiger partial charge is 0.506 e. The summed E-state index contributed by atoms with van der Waals surface area (Å²) in [4.78, 5) is 45.8. The number of phenols is 1. The number of rotatable bonds is 11. The van der Waals surface area contributed by atoms with Crippen LogP contribution in [-0.2, 0) is 94.1 Å². The van der Waals surface area contributed by atoms with Crippen LogP contribution in [0.3, 0.4) is 0 Å². The molecule has 6 aromatic carbocycles. The van der Waals surface area contributed by atoms with Crippen molar-refractivity contribution >= 4 is 80.1 Å². The summed E-state index contributed by atoms with van der Waals surface area (Å²) in [5.41, 5.74) is 5.72. The fourth-order valence-corrected chi connectivity index (χ4v) is 6.16. The average molecular weight is 1090 g/mol. The molecule has 6 aromatic rings. The zero-order valence-corrected chi connectivity index (χ0v) is 44.7. The Labute approximate surface area is 457 Å². The third-order valence-electron chi connectivity index (χ3n) is 9.45. The van der Waals surface area contributed by atoms with E-state index in [1.54, 1.807) is 39.8 Å². The normalized spacial score (nSPS) is 14.1. The van der Waals surface area contributed by atoms with E-state index in [0.717, 1.165) is 22.1 Å². The molecule has 0 saturated carbocycles. The average Bonchev–Trinajstić information content (AvgIpc) is 3.83. The number of hydrogen-bond acceptors (Lipinski definition) is 13. The number of para-hydroxylation sites is 2. The number of azo groups is 2. The molecule has 350 valence electrons. The van der Waals surface area contributed by atoms with Crippen molar-refractivity contribution < 1.29 is 99.2 Å². The van der Waals surface area contributed by atoms with Crippen molar-refractivity contribution in [2.75, 3.05) is 23.2 Å². The number of aromatic hydroxyl groups is 1. The Hall–Kier alpha value is -6.77. The molecule has 0 saturated heterocycles. The van der Waals surface area contributed by atoms with Crippen LogP contribution in [0.25, 0.3) is 10.8 Å². The fourth-order valence-electron chi connectivity index (χ4n) is 6.16. The molecule has 0 fully saturated rings. The fraction of sp³-hybridized carbons (Fsp3) is 0.132. The summed E-state index contributed by atoms with van der Waals surface area (Å²) < 4.78 is 8.76. The predicted molar refractivity (Wildman–Crippen MR) is 264 cm³/mol. The Morgan fingerprint density at radius 1 is 0.629 bits per heavy atom. The van der Waals surface area contributed by atoms with Crippen molar-refractivity contribution in [2.45, 2.75) is 27.7 Å². The first-order valence-electron chi connectivity index (χ1n) is 21.2. The number of benzene rings is 6. The number of anilines is 2. The predicted octanol–water partition coefficient (Wildman–Crippen LogP) is 11.8. The number of amides is 2. The number of nitrogens with zero attached hydrogens (tertiary/aromatic N) is 8. The van der Waals surface area contributed by atoms with E-state index in [9.17, 15) is 24.3 Å². The Bertz CT molecular complexity index is 2850. The van der Waals surface area contributed by atoms with Crippen LogP contribution in [-0.4, -0.2) is 53.5 Å². The first-order chi connectivity index (χ1) is 33.0. The second-order valence-electron chi connectivity index (χ2n) is 14.1. The Balaban J connectivity index is 0.000000285. The van der Waals surface area contributed by atoms with E-state index in [0.29, 0.717) is 53.0 Å². The molecule has 2 aliphatic rings. The van der Waals surface area contributed by atoms with Gasteiger partial charge < -0.3 is 26.7 Å². The number of carbonyl (C=O) groups excluding carboxylic acids is 4. The summed E-state index contributed by atoms with van der Waals surface area (Å²) in [5, 5.41) is 40.3. The molecule has 1 unspecified atom stereocenters. The number of hydrogen-bond donors (Lipinski definition) is 1. The van der Waals surface area contributed by atoms with E-state index >= 15 is 0 Å². The number of fused-ring (bicyclic) bond motifs is 1. The van der Waals surface area contributed by atoms with E-state index in [1.807, 2.05) is 146 Å². The molecule has 17 heteroatoms. The minimum Gasteiger partial charge on any atom is -0.506 e. The summed E-state index contributed by atoms with van der Waals surface area (Å²) in [5.74, 6) is -1.86. The van der Waals surface area contributed by atoms with Crippen LogP contribution in [0.2, 0.25) is 0 Å². The van der Waals surface area contributed by atoms with Crippen LogP contribution in [0.5, 0.6) is 5.75 Å².